The SMILES string of the molecule is CC(CC(=O)O)c1ccc2c(c1)CCCC(C)(C)O2. The molecule has 3 nitrogen and oxygen atoms in total. The lowest BCUT2D eigenvalue weighted by Gasteiger charge is -2.25. The van der Waals surface area contributed by atoms with Crippen LogP contribution in [0.3, 0.4) is 0 Å². The summed E-state index contributed by atoms with van der Waals surface area (Å²) in [6.45, 7) is 6.18. The molecule has 1 heterocycles. The van der Waals surface area contributed by atoms with Gasteiger partial charge in [0.2, 0.25) is 0 Å². The molecule has 1 aromatic rings. The zero-order valence-corrected chi connectivity index (χ0v) is 11.9. The van der Waals surface area contributed by atoms with E-state index in [0.717, 1.165) is 30.6 Å². The van der Waals surface area contributed by atoms with Crippen molar-refractivity contribution in [1.82, 2.24) is 0 Å². The van der Waals surface area contributed by atoms with E-state index < -0.39 is 5.97 Å². The summed E-state index contributed by atoms with van der Waals surface area (Å²) in [7, 11) is 0. The van der Waals surface area contributed by atoms with Crippen molar-refractivity contribution < 1.29 is 14.6 Å². The molecule has 1 aromatic carbocycles. The minimum atomic E-state index is -0.750. The van der Waals surface area contributed by atoms with Gasteiger partial charge in [-0.2, -0.15) is 0 Å². The second kappa shape index (κ2) is 5.24. The molecule has 0 spiro atoms. The Morgan fingerprint density at radius 3 is 2.89 bits per heavy atom. The van der Waals surface area contributed by atoms with Crippen LogP contribution < -0.4 is 4.74 Å². The second-order valence-corrected chi connectivity index (χ2v) is 6.08. The van der Waals surface area contributed by atoms with Crippen LogP contribution in [-0.2, 0) is 11.2 Å². The molecule has 0 saturated heterocycles. The highest BCUT2D eigenvalue weighted by atomic mass is 16.5. The van der Waals surface area contributed by atoms with Crippen molar-refractivity contribution in [3.8, 4) is 5.75 Å². The fourth-order valence-corrected chi connectivity index (χ4v) is 2.63. The maximum absolute atomic E-state index is 10.8. The molecular formula is C16H22O3. The Morgan fingerprint density at radius 1 is 1.47 bits per heavy atom. The van der Waals surface area contributed by atoms with E-state index in [-0.39, 0.29) is 17.9 Å². The summed E-state index contributed by atoms with van der Waals surface area (Å²) in [5, 5.41) is 8.87. The number of hydrogen-bond donors (Lipinski definition) is 1. The minimum absolute atomic E-state index is 0.0408. The highest BCUT2D eigenvalue weighted by Gasteiger charge is 2.24. The third-order valence-electron chi connectivity index (χ3n) is 3.75. The molecule has 1 unspecified atom stereocenters. The average molecular weight is 262 g/mol. The monoisotopic (exact) mass is 262 g/mol. The minimum Gasteiger partial charge on any atom is -0.488 e. The van der Waals surface area contributed by atoms with Gasteiger partial charge in [-0.1, -0.05) is 19.1 Å². The van der Waals surface area contributed by atoms with Gasteiger partial charge in [0.1, 0.15) is 11.4 Å². The second-order valence-electron chi connectivity index (χ2n) is 6.08. The molecule has 0 radical (unpaired) electrons. The normalized spacial score (nSPS) is 18.9. The fraction of sp³-hybridized carbons (Fsp3) is 0.562. The molecule has 0 amide bonds. The molecule has 0 saturated carbocycles. The zero-order chi connectivity index (χ0) is 14.0. The molecule has 1 atom stereocenters. The van der Waals surface area contributed by atoms with Crippen LogP contribution >= 0.6 is 0 Å². The number of aryl methyl sites for hydroxylation is 1. The van der Waals surface area contributed by atoms with Crippen LogP contribution in [0.1, 0.15) is 57.1 Å². The first-order valence-electron chi connectivity index (χ1n) is 6.91. The van der Waals surface area contributed by atoms with Crippen LogP contribution in [0.25, 0.3) is 0 Å². The van der Waals surface area contributed by atoms with E-state index in [0.29, 0.717) is 0 Å². The molecular weight excluding hydrogens is 240 g/mol. The van der Waals surface area contributed by atoms with Gasteiger partial charge in [0.15, 0.2) is 0 Å². The van der Waals surface area contributed by atoms with Gasteiger partial charge in [-0.15, -0.1) is 0 Å². The predicted octanol–water partition coefficient (Wildman–Crippen LogP) is 3.76. The number of rotatable bonds is 3. The van der Waals surface area contributed by atoms with Gasteiger partial charge in [0.05, 0.1) is 6.42 Å². The zero-order valence-electron chi connectivity index (χ0n) is 11.9. The first kappa shape index (κ1) is 13.9. The van der Waals surface area contributed by atoms with Gasteiger partial charge in [0, 0.05) is 0 Å². The van der Waals surface area contributed by atoms with Gasteiger partial charge in [-0.3, -0.25) is 4.79 Å². The Labute approximate surface area is 114 Å². The molecule has 2 rings (SSSR count). The van der Waals surface area contributed by atoms with Gasteiger partial charge < -0.3 is 9.84 Å². The largest absolute Gasteiger partial charge is 0.488 e. The van der Waals surface area contributed by atoms with Gasteiger partial charge in [-0.05, 0) is 56.2 Å². The standard InChI is InChI=1S/C16H22O3/c1-11(9-15(17)18)12-6-7-14-13(10-12)5-4-8-16(2,3)19-14/h6-7,10-11H,4-5,8-9H2,1-3H3,(H,17,18). The molecule has 1 aliphatic heterocycles. The van der Waals surface area contributed by atoms with E-state index in [2.05, 4.69) is 19.9 Å². The predicted molar refractivity (Wildman–Crippen MR) is 74.8 cm³/mol. The maximum Gasteiger partial charge on any atom is 0.303 e. The number of carboxylic acids is 1. The smallest absolute Gasteiger partial charge is 0.303 e. The number of carbonyl (C=O) groups is 1. The summed E-state index contributed by atoms with van der Waals surface area (Å²) >= 11 is 0. The van der Waals surface area contributed by atoms with Gasteiger partial charge >= 0.3 is 5.97 Å². The lowest BCUT2D eigenvalue weighted by Crippen LogP contribution is -2.26. The van der Waals surface area contributed by atoms with Crippen molar-refractivity contribution in [3.05, 3.63) is 29.3 Å². The van der Waals surface area contributed by atoms with Crippen molar-refractivity contribution >= 4 is 5.97 Å². The van der Waals surface area contributed by atoms with E-state index in [1.54, 1.807) is 0 Å². The Bertz CT molecular complexity index is 477. The highest BCUT2D eigenvalue weighted by Crippen LogP contribution is 2.34. The summed E-state index contributed by atoms with van der Waals surface area (Å²) in [6, 6.07) is 6.11. The van der Waals surface area contributed by atoms with Gasteiger partial charge in [-0.25, -0.2) is 0 Å². The lowest BCUT2D eigenvalue weighted by molar-refractivity contribution is -0.137. The number of carboxylic acid groups (broad SMARTS) is 1. The van der Waals surface area contributed by atoms with Crippen molar-refractivity contribution in [2.45, 2.75) is 58.0 Å². The Hall–Kier alpha value is -1.51. The lowest BCUT2D eigenvalue weighted by atomic mass is 9.94. The number of ether oxygens (including phenoxy) is 1. The first-order chi connectivity index (χ1) is 8.87. The third-order valence-corrected chi connectivity index (χ3v) is 3.75. The number of hydrogen-bond acceptors (Lipinski definition) is 2. The van der Waals surface area contributed by atoms with Crippen molar-refractivity contribution in [2.24, 2.45) is 0 Å². The Morgan fingerprint density at radius 2 is 2.21 bits per heavy atom. The molecule has 104 valence electrons. The summed E-state index contributed by atoms with van der Waals surface area (Å²) in [4.78, 5) is 10.8. The number of fused-ring (bicyclic) bond motifs is 1. The molecule has 0 aromatic heterocycles. The van der Waals surface area contributed by atoms with Crippen LogP contribution in [-0.4, -0.2) is 16.7 Å². The fourth-order valence-electron chi connectivity index (χ4n) is 2.63. The van der Waals surface area contributed by atoms with E-state index in [1.807, 2.05) is 19.1 Å². The molecule has 0 fully saturated rings. The third kappa shape index (κ3) is 3.49. The van der Waals surface area contributed by atoms with E-state index >= 15 is 0 Å². The Balaban J connectivity index is 2.24. The van der Waals surface area contributed by atoms with Crippen molar-refractivity contribution in [3.63, 3.8) is 0 Å². The van der Waals surface area contributed by atoms with E-state index in [9.17, 15) is 4.79 Å². The van der Waals surface area contributed by atoms with Crippen molar-refractivity contribution in [2.75, 3.05) is 0 Å². The van der Waals surface area contributed by atoms with Gasteiger partial charge in [0.25, 0.3) is 0 Å². The maximum atomic E-state index is 10.8. The average Bonchev–Trinajstić information content (AvgIpc) is 2.43. The van der Waals surface area contributed by atoms with Crippen LogP contribution in [0.4, 0.5) is 0 Å². The summed E-state index contributed by atoms with van der Waals surface area (Å²) in [5.41, 5.74) is 2.18. The molecule has 0 bridgehead atoms. The van der Waals surface area contributed by atoms with E-state index in [1.165, 1.54) is 5.56 Å². The summed E-state index contributed by atoms with van der Waals surface area (Å²) < 4.78 is 6.04. The van der Waals surface area contributed by atoms with Crippen LogP contribution in [0.5, 0.6) is 5.75 Å². The molecule has 1 N–H and O–H groups in total. The van der Waals surface area contributed by atoms with Crippen LogP contribution in [0.15, 0.2) is 18.2 Å². The number of aliphatic carboxylic acids is 1. The number of benzene rings is 1. The first-order valence-corrected chi connectivity index (χ1v) is 6.91. The summed E-state index contributed by atoms with van der Waals surface area (Å²) in [5.74, 6) is 0.243. The molecule has 0 aliphatic carbocycles. The van der Waals surface area contributed by atoms with E-state index in [4.69, 9.17) is 9.84 Å². The molecule has 19 heavy (non-hydrogen) atoms. The van der Waals surface area contributed by atoms with Crippen molar-refractivity contribution in [1.29, 1.82) is 0 Å². The Kier molecular flexibility index (Phi) is 3.83. The molecule has 3 heteroatoms. The molecule has 1 aliphatic rings. The topological polar surface area (TPSA) is 46.5 Å². The van der Waals surface area contributed by atoms with Crippen LogP contribution in [0, 0.1) is 0 Å². The van der Waals surface area contributed by atoms with Crippen LogP contribution in [0.2, 0.25) is 0 Å². The highest BCUT2D eigenvalue weighted by molar-refractivity contribution is 5.68. The summed E-state index contributed by atoms with van der Waals surface area (Å²) in [6.07, 6.45) is 3.33. The quantitative estimate of drug-likeness (QED) is 0.902.